The number of rotatable bonds is 12. The zero-order chi connectivity index (χ0) is 31.1. The fourth-order valence-corrected chi connectivity index (χ4v) is 5.50. The van der Waals surface area contributed by atoms with Crippen LogP contribution >= 0.6 is 24.0 Å². The normalized spacial score (nSPS) is 14.3. The topological polar surface area (TPSA) is 176 Å². The number of nitro groups is 1. The van der Waals surface area contributed by atoms with E-state index in [0.29, 0.717) is 50.5 Å². The number of amides is 3. The molecule has 15 heteroatoms. The van der Waals surface area contributed by atoms with E-state index < -0.39 is 4.92 Å². The van der Waals surface area contributed by atoms with E-state index >= 15 is 0 Å². The highest BCUT2D eigenvalue weighted by atomic mass is 32.2. The lowest BCUT2D eigenvalue weighted by Gasteiger charge is -2.14. The smallest absolute Gasteiger partial charge is 0.297 e. The number of carbonyl (C=O) groups excluding carboxylic acids is 3. The fourth-order valence-electron chi connectivity index (χ4n) is 4.45. The first-order chi connectivity index (χ1) is 21.3. The van der Waals surface area contributed by atoms with E-state index in [-0.39, 0.29) is 29.1 Å². The third kappa shape index (κ3) is 7.31. The molecule has 6 N–H and O–H groups in total. The van der Waals surface area contributed by atoms with E-state index in [1.54, 1.807) is 54.6 Å². The minimum absolute atomic E-state index is 0.147. The molecule has 0 unspecified atom stereocenters. The van der Waals surface area contributed by atoms with Crippen molar-refractivity contribution in [2.75, 3.05) is 29.4 Å². The zero-order valence-corrected chi connectivity index (χ0v) is 24.7. The Bertz CT molecular complexity index is 1660. The molecular weight excluding hydrogens is 606 g/mol. The molecule has 2 heterocycles. The number of para-hydroxylation sites is 1. The largest absolute Gasteiger partial charge is 0.353 e. The van der Waals surface area contributed by atoms with E-state index in [1.165, 1.54) is 23.9 Å². The Morgan fingerprint density at radius 3 is 2.32 bits per heavy atom. The lowest BCUT2D eigenvalue weighted by molar-refractivity contribution is -0.384. The van der Waals surface area contributed by atoms with Crippen LogP contribution in [0.5, 0.6) is 0 Å². The van der Waals surface area contributed by atoms with Gasteiger partial charge in [-0.25, -0.2) is 11.0 Å². The summed E-state index contributed by atoms with van der Waals surface area (Å²) in [6.07, 6.45) is 3.98. The minimum atomic E-state index is -0.518. The summed E-state index contributed by atoms with van der Waals surface area (Å²) < 4.78 is 0.425. The number of nitrogens with zero attached hydrogens (tertiary/aromatic N) is 1. The number of nitrogens with one attached hydrogen (secondary N) is 6. The van der Waals surface area contributed by atoms with Crippen molar-refractivity contribution in [3.8, 4) is 0 Å². The van der Waals surface area contributed by atoms with E-state index in [2.05, 4.69) is 32.2 Å². The van der Waals surface area contributed by atoms with Crippen LogP contribution in [-0.4, -0.2) is 40.1 Å². The summed E-state index contributed by atoms with van der Waals surface area (Å²) in [7, 11) is 0. The summed E-state index contributed by atoms with van der Waals surface area (Å²) >= 11 is 6.20. The number of hydrogen-bond acceptors (Lipinski definition) is 11. The number of fused-ring (bicyclic) bond motifs is 1. The average Bonchev–Trinajstić information content (AvgIpc) is 3.63. The molecule has 0 bridgehead atoms. The maximum Gasteiger partial charge on any atom is 0.297 e. The SMILES string of the molecule is O=C1NC(=S)S/C1=C\c1ccc(C(=O)NCCCCCNC(=O)c2ccccc2Nc2ccc([N+](=O)[O-])c3c2NON3)cc1. The van der Waals surface area contributed by atoms with Crippen LogP contribution < -0.4 is 32.2 Å². The van der Waals surface area contributed by atoms with Crippen LogP contribution in [0.4, 0.5) is 28.4 Å². The van der Waals surface area contributed by atoms with Gasteiger partial charge in [-0.3, -0.25) is 24.5 Å². The van der Waals surface area contributed by atoms with Crippen LogP contribution in [0, 0.1) is 10.1 Å². The molecule has 2 aliphatic rings. The summed E-state index contributed by atoms with van der Waals surface area (Å²) in [4.78, 5) is 53.5. The summed E-state index contributed by atoms with van der Waals surface area (Å²) in [5.74, 6) is -0.680. The molecule has 13 nitrogen and oxygen atoms in total. The third-order valence-electron chi connectivity index (χ3n) is 6.66. The van der Waals surface area contributed by atoms with E-state index in [0.717, 1.165) is 24.8 Å². The standard InChI is InChI=1S/C29H27N7O6S2/c37-26(18-10-8-17(9-11-18)16-23-28(39)33-29(43)44-23)30-14-4-1-5-15-31-27(38)19-6-2-3-7-20(19)32-21-12-13-22(36(40)41)25-24(21)34-42-35-25/h2-3,6-13,16,32,34-35H,1,4-5,14-15H2,(H,30,37)(H,31,38)(H,33,39,43)/b23-16-. The quantitative estimate of drug-likeness (QED) is 0.0529. The molecule has 0 aromatic heterocycles. The summed E-state index contributed by atoms with van der Waals surface area (Å²) in [6.45, 7) is 0.942. The first-order valence-corrected chi connectivity index (χ1v) is 14.8. The van der Waals surface area contributed by atoms with Gasteiger partial charge in [0.15, 0.2) is 5.69 Å². The second-order valence-electron chi connectivity index (χ2n) is 9.66. The van der Waals surface area contributed by atoms with Gasteiger partial charge in [-0.2, -0.15) is 4.94 Å². The maximum absolute atomic E-state index is 12.9. The predicted molar refractivity (Wildman–Crippen MR) is 172 cm³/mol. The van der Waals surface area contributed by atoms with E-state index in [4.69, 9.17) is 17.2 Å². The molecule has 44 heavy (non-hydrogen) atoms. The molecule has 0 spiro atoms. The molecule has 1 saturated heterocycles. The van der Waals surface area contributed by atoms with E-state index in [1.807, 2.05) is 0 Å². The molecule has 5 rings (SSSR count). The number of unbranched alkanes of at least 4 members (excludes halogenated alkanes) is 2. The van der Waals surface area contributed by atoms with Crippen molar-refractivity contribution in [2.45, 2.75) is 19.3 Å². The van der Waals surface area contributed by atoms with Gasteiger partial charge in [0.2, 0.25) is 0 Å². The highest BCUT2D eigenvalue weighted by molar-refractivity contribution is 8.26. The zero-order valence-electron chi connectivity index (χ0n) is 23.1. The minimum Gasteiger partial charge on any atom is -0.353 e. The first-order valence-electron chi connectivity index (χ1n) is 13.6. The monoisotopic (exact) mass is 633 g/mol. The van der Waals surface area contributed by atoms with Gasteiger partial charge in [0.1, 0.15) is 10.0 Å². The summed E-state index contributed by atoms with van der Waals surface area (Å²) in [5.41, 5.74) is 8.22. The first kappa shape index (κ1) is 30.5. The third-order valence-corrected chi connectivity index (χ3v) is 7.83. The lowest BCUT2D eigenvalue weighted by atomic mass is 10.1. The Kier molecular flexibility index (Phi) is 9.69. The van der Waals surface area contributed by atoms with Crippen molar-refractivity contribution in [3.05, 3.63) is 92.4 Å². The van der Waals surface area contributed by atoms with E-state index in [9.17, 15) is 24.5 Å². The molecular formula is C29H27N7O6S2. The van der Waals surface area contributed by atoms with Gasteiger partial charge in [0.05, 0.1) is 26.8 Å². The van der Waals surface area contributed by atoms with Crippen LogP contribution in [0.15, 0.2) is 65.6 Å². The molecule has 0 aliphatic carbocycles. The number of anilines is 4. The number of benzene rings is 3. The second kappa shape index (κ2) is 14.0. The molecule has 226 valence electrons. The Morgan fingerprint density at radius 1 is 0.909 bits per heavy atom. The van der Waals surface area contributed by atoms with Crippen molar-refractivity contribution in [3.63, 3.8) is 0 Å². The number of hydrogen-bond donors (Lipinski definition) is 6. The highest BCUT2D eigenvalue weighted by Gasteiger charge is 2.26. The van der Waals surface area contributed by atoms with Crippen molar-refractivity contribution in [1.29, 1.82) is 0 Å². The maximum atomic E-state index is 12.9. The van der Waals surface area contributed by atoms with Crippen LogP contribution in [0.25, 0.3) is 6.08 Å². The molecule has 1 fully saturated rings. The number of thioether (sulfide) groups is 1. The molecule has 0 atom stereocenters. The van der Waals surface area contributed by atoms with Gasteiger partial charge < -0.3 is 21.3 Å². The van der Waals surface area contributed by atoms with Crippen LogP contribution in [0.2, 0.25) is 0 Å². The van der Waals surface area contributed by atoms with Crippen molar-refractivity contribution in [1.82, 2.24) is 16.0 Å². The highest BCUT2D eigenvalue weighted by Crippen LogP contribution is 2.42. The Morgan fingerprint density at radius 2 is 1.61 bits per heavy atom. The van der Waals surface area contributed by atoms with Gasteiger partial charge in [-0.05, 0) is 61.2 Å². The second-order valence-corrected chi connectivity index (χ2v) is 11.4. The van der Waals surface area contributed by atoms with Crippen molar-refractivity contribution >= 4 is 80.5 Å². The van der Waals surface area contributed by atoms with Gasteiger partial charge >= 0.3 is 0 Å². The lowest BCUT2D eigenvalue weighted by Crippen LogP contribution is -2.26. The van der Waals surface area contributed by atoms with Crippen LogP contribution in [0.1, 0.15) is 45.5 Å². The van der Waals surface area contributed by atoms with Gasteiger partial charge in [-0.15, -0.1) is 0 Å². The Labute approximate surface area is 261 Å². The molecule has 3 aromatic carbocycles. The predicted octanol–water partition coefficient (Wildman–Crippen LogP) is 4.84. The van der Waals surface area contributed by atoms with Crippen LogP contribution in [-0.2, 0) is 9.73 Å². The molecule has 0 radical (unpaired) electrons. The van der Waals surface area contributed by atoms with Crippen LogP contribution in [0.3, 0.4) is 0 Å². The van der Waals surface area contributed by atoms with Gasteiger partial charge in [0.25, 0.3) is 23.4 Å². The van der Waals surface area contributed by atoms with Gasteiger partial charge in [-0.1, -0.05) is 48.2 Å². The summed E-state index contributed by atoms with van der Waals surface area (Å²) in [5, 5.41) is 22.8. The number of thiocarbonyl (C=S) groups is 1. The Balaban J connectivity index is 1.04. The molecule has 0 saturated carbocycles. The molecule has 3 amide bonds. The summed E-state index contributed by atoms with van der Waals surface area (Å²) in [6, 6.07) is 16.8. The Hall–Kier alpha value is -4.99. The average molecular weight is 634 g/mol. The fraction of sp³-hybridized carbons (Fsp3) is 0.172. The number of nitro benzene ring substituents is 1. The van der Waals surface area contributed by atoms with Gasteiger partial charge in [0, 0.05) is 24.7 Å². The van der Waals surface area contributed by atoms with Crippen molar-refractivity contribution in [2.24, 2.45) is 0 Å². The number of carbonyl (C=O) groups is 3. The molecule has 3 aromatic rings. The van der Waals surface area contributed by atoms with Crippen molar-refractivity contribution < 1.29 is 24.2 Å². The molecule has 2 aliphatic heterocycles.